The van der Waals surface area contributed by atoms with E-state index in [4.69, 9.17) is 16.9 Å². The van der Waals surface area contributed by atoms with E-state index in [0.29, 0.717) is 29.8 Å². The van der Waals surface area contributed by atoms with Gasteiger partial charge in [0.25, 0.3) is 0 Å². The summed E-state index contributed by atoms with van der Waals surface area (Å²) in [5.41, 5.74) is 1.93. The van der Waals surface area contributed by atoms with Crippen LogP contribution in [0.1, 0.15) is 28.8 Å². The fraction of sp³-hybridized carbons (Fsp3) is 0.231. The Morgan fingerprint density at radius 3 is 3.00 bits per heavy atom. The number of rotatable bonds is 4. The highest BCUT2D eigenvalue weighted by Gasteiger charge is 2.14. The number of carbonyl (C=O) groups is 1. The predicted molar refractivity (Wildman–Crippen MR) is 67.3 cm³/mol. The molecule has 2 rings (SSSR count). The van der Waals surface area contributed by atoms with E-state index in [2.05, 4.69) is 11.1 Å². The van der Waals surface area contributed by atoms with Crippen molar-refractivity contribution in [2.75, 3.05) is 5.88 Å². The van der Waals surface area contributed by atoms with E-state index < -0.39 is 0 Å². The summed E-state index contributed by atoms with van der Waals surface area (Å²) in [4.78, 5) is 15.0. The van der Waals surface area contributed by atoms with Crippen LogP contribution in [0.2, 0.25) is 0 Å². The summed E-state index contributed by atoms with van der Waals surface area (Å²) in [6, 6.07) is 7.48. The summed E-state index contributed by atoms with van der Waals surface area (Å²) < 4.78 is 0. The Morgan fingerprint density at radius 2 is 2.29 bits per heavy atom. The highest BCUT2D eigenvalue weighted by Crippen LogP contribution is 2.23. The first-order chi connectivity index (χ1) is 8.27. The Balaban J connectivity index is 2.48. The van der Waals surface area contributed by atoms with Gasteiger partial charge in [-0.1, -0.05) is 6.07 Å². The van der Waals surface area contributed by atoms with E-state index in [9.17, 15) is 4.79 Å². The van der Waals surface area contributed by atoms with Crippen molar-refractivity contribution in [2.24, 2.45) is 0 Å². The largest absolute Gasteiger partial charge is 0.360 e. The lowest BCUT2D eigenvalue weighted by molar-refractivity contribution is 0.0983. The summed E-state index contributed by atoms with van der Waals surface area (Å²) in [6.07, 6.45) is 2.74. The average Bonchev–Trinajstić information content (AvgIpc) is 2.79. The van der Waals surface area contributed by atoms with Crippen LogP contribution in [0, 0.1) is 11.3 Å². The molecule has 0 aliphatic heterocycles. The van der Waals surface area contributed by atoms with Crippen LogP contribution >= 0.6 is 11.6 Å². The van der Waals surface area contributed by atoms with Gasteiger partial charge < -0.3 is 4.98 Å². The van der Waals surface area contributed by atoms with Gasteiger partial charge in [-0.3, -0.25) is 4.79 Å². The number of Topliss-reactive ketones (excluding diaryl/α,β-unsaturated/α-hetero) is 1. The van der Waals surface area contributed by atoms with Crippen molar-refractivity contribution in [3.05, 3.63) is 35.5 Å². The molecule has 0 bridgehead atoms. The van der Waals surface area contributed by atoms with E-state index in [-0.39, 0.29) is 5.78 Å². The van der Waals surface area contributed by atoms with Gasteiger partial charge in [-0.05, 0) is 18.6 Å². The second-order valence-corrected chi connectivity index (χ2v) is 4.14. The van der Waals surface area contributed by atoms with Crippen molar-refractivity contribution < 1.29 is 4.79 Å². The van der Waals surface area contributed by atoms with Crippen LogP contribution in [0.25, 0.3) is 10.9 Å². The van der Waals surface area contributed by atoms with Gasteiger partial charge in [0.1, 0.15) is 0 Å². The normalized spacial score (nSPS) is 10.4. The highest BCUT2D eigenvalue weighted by atomic mass is 35.5. The van der Waals surface area contributed by atoms with Crippen LogP contribution in [0.4, 0.5) is 0 Å². The van der Waals surface area contributed by atoms with E-state index in [1.165, 1.54) is 0 Å². The zero-order valence-corrected chi connectivity index (χ0v) is 9.92. The lowest BCUT2D eigenvalue weighted by Crippen LogP contribution is -1.98. The molecule has 0 saturated carbocycles. The topological polar surface area (TPSA) is 56.6 Å². The minimum atomic E-state index is 0.0274. The Morgan fingerprint density at radius 1 is 1.47 bits per heavy atom. The van der Waals surface area contributed by atoms with Crippen molar-refractivity contribution in [1.29, 1.82) is 5.26 Å². The Bertz CT molecular complexity index is 595. The van der Waals surface area contributed by atoms with Gasteiger partial charge in [0.15, 0.2) is 5.78 Å². The lowest BCUT2D eigenvalue weighted by Gasteiger charge is -1.99. The Hall–Kier alpha value is -1.79. The fourth-order valence-electron chi connectivity index (χ4n) is 1.86. The molecule has 1 heterocycles. The predicted octanol–water partition coefficient (Wildman–Crippen LogP) is 3.24. The van der Waals surface area contributed by atoms with Gasteiger partial charge in [-0.25, -0.2) is 0 Å². The molecule has 0 atom stereocenters. The number of nitrogens with one attached hydrogen (secondary N) is 1. The van der Waals surface area contributed by atoms with Crippen LogP contribution in [0.3, 0.4) is 0 Å². The molecule has 0 unspecified atom stereocenters. The molecule has 0 saturated heterocycles. The summed E-state index contributed by atoms with van der Waals surface area (Å²) in [5.74, 6) is 0.499. The first kappa shape index (κ1) is 11.7. The number of fused-ring (bicyclic) bond motifs is 1. The van der Waals surface area contributed by atoms with Gasteiger partial charge in [0.05, 0.1) is 11.6 Å². The number of benzene rings is 1. The monoisotopic (exact) mass is 246 g/mol. The van der Waals surface area contributed by atoms with E-state index >= 15 is 0 Å². The minimum absolute atomic E-state index is 0.0274. The first-order valence-electron chi connectivity index (χ1n) is 5.37. The molecule has 0 fully saturated rings. The van der Waals surface area contributed by atoms with E-state index in [0.717, 1.165) is 10.9 Å². The third-order valence-electron chi connectivity index (χ3n) is 2.66. The van der Waals surface area contributed by atoms with Crippen LogP contribution < -0.4 is 0 Å². The van der Waals surface area contributed by atoms with Crippen LogP contribution in [0.15, 0.2) is 24.4 Å². The standard InChI is InChI=1S/C13H11ClN2O/c14-6-2-5-12(17)10-8-16-11-4-1-3-9(7-15)13(10)11/h1,3-4,8,16H,2,5-6H2. The second-order valence-electron chi connectivity index (χ2n) is 3.76. The number of alkyl halides is 1. The molecule has 86 valence electrons. The molecule has 1 aromatic heterocycles. The van der Waals surface area contributed by atoms with Gasteiger partial charge in [0, 0.05) is 35.0 Å². The summed E-state index contributed by atoms with van der Waals surface area (Å²) in [5, 5.41) is 9.76. The molecule has 0 amide bonds. The number of aromatic nitrogens is 1. The molecule has 0 aliphatic rings. The molecule has 1 aromatic carbocycles. The number of ketones is 1. The van der Waals surface area contributed by atoms with Crippen molar-refractivity contribution in [2.45, 2.75) is 12.8 Å². The van der Waals surface area contributed by atoms with E-state index in [1.807, 2.05) is 6.07 Å². The number of hydrogen-bond donors (Lipinski definition) is 1. The van der Waals surface area contributed by atoms with Crippen LogP contribution in [-0.4, -0.2) is 16.6 Å². The van der Waals surface area contributed by atoms with Crippen molar-refractivity contribution >= 4 is 28.3 Å². The number of H-pyrrole nitrogens is 1. The maximum absolute atomic E-state index is 12.0. The summed E-state index contributed by atoms with van der Waals surface area (Å²) in [7, 11) is 0. The smallest absolute Gasteiger partial charge is 0.165 e. The molecule has 4 heteroatoms. The number of nitrogens with zero attached hydrogens (tertiary/aromatic N) is 1. The molecular formula is C13H11ClN2O. The van der Waals surface area contributed by atoms with E-state index in [1.54, 1.807) is 18.3 Å². The number of halogens is 1. The number of carbonyl (C=O) groups excluding carboxylic acids is 1. The van der Waals surface area contributed by atoms with Gasteiger partial charge >= 0.3 is 0 Å². The number of nitriles is 1. The zero-order valence-electron chi connectivity index (χ0n) is 9.16. The molecule has 0 spiro atoms. The maximum Gasteiger partial charge on any atom is 0.165 e. The lowest BCUT2D eigenvalue weighted by atomic mass is 10.0. The molecule has 2 aromatic rings. The minimum Gasteiger partial charge on any atom is -0.360 e. The van der Waals surface area contributed by atoms with Gasteiger partial charge in [0.2, 0.25) is 0 Å². The SMILES string of the molecule is N#Cc1cccc2[nH]cc(C(=O)CCCCl)c12. The fourth-order valence-corrected chi connectivity index (χ4v) is 1.99. The third-order valence-corrected chi connectivity index (χ3v) is 2.93. The van der Waals surface area contributed by atoms with Crippen molar-refractivity contribution in [3.63, 3.8) is 0 Å². The quantitative estimate of drug-likeness (QED) is 0.665. The zero-order chi connectivity index (χ0) is 12.3. The number of aromatic amines is 1. The van der Waals surface area contributed by atoms with Crippen molar-refractivity contribution in [3.8, 4) is 6.07 Å². The average molecular weight is 247 g/mol. The molecule has 3 nitrogen and oxygen atoms in total. The van der Waals surface area contributed by atoms with Gasteiger partial charge in [-0.15, -0.1) is 11.6 Å². The molecule has 17 heavy (non-hydrogen) atoms. The Kier molecular flexibility index (Phi) is 3.46. The molecular weight excluding hydrogens is 236 g/mol. The molecule has 1 N–H and O–H groups in total. The van der Waals surface area contributed by atoms with Crippen molar-refractivity contribution in [1.82, 2.24) is 4.98 Å². The first-order valence-corrected chi connectivity index (χ1v) is 5.90. The number of hydrogen-bond acceptors (Lipinski definition) is 2. The highest BCUT2D eigenvalue weighted by molar-refractivity contribution is 6.18. The molecule has 0 radical (unpaired) electrons. The van der Waals surface area contributed by atoms with Crippen LogP contribution in [0.5, 0.6) is 0 Å². The second kappa shape index (κ2) is 5.03. The molecule has 0 aliphatic carbocycles. The third kappa shape index (κ3) is 2.17. The van der Waals surface area contributed by atoms with Crippen LogP contribution in [-0.2, 0) is 0 Å². The summed E-state index contributed by atoms with van der Waals surface area (Å²) in [6.45, 7) is 0. The summed E-state index contributed by atoms with van der Waals surface area (Å²) >= 11 is 5.57. The maximum atomic E-state index is 12.0. The van der Waals surface area contributed by atoms with Gasteiger partial charge in [-0.2, -0.15) is 5.26 Å². The Labute approximate surface area is 104 Å².